The molecule has 364 valence electrons. The van der Waals surface area contributed by atoms with Crippen molar-refractivity contribution in [3.8, 4) is 56.8 Å². The first-order valence-corrected chi connectivity index (χ1v) is 32.2. The number of hydrogen-bond donors (Lipinski definition) is 0. The van der Waals surface area contributed by atoms with Gasteiger partial charge in [-0.05, 0) is 0 Å². The van der Waals surface area contributed by atoms with Crippen molar-refractivity contribution in [3.05, 3.63) is 201 Å². The van der Waals surface area contributed by atoms with Gasteiger partial charge in [-0.3, -0.25) is 0 Å². The Morgan fingerprint density at radius 1 is 0.382 bits per heavy atom. The molecule has 76 heavy (non-hydrogen) atoms. The quantitative estimate of drug-likeness (QED) is 0.0992. The summed E-state index contributed by atoms with van der Waals surface area (Å²) in [6.45, 7) is 4.12. The molecule has 0 aliphatic carbocycles. The molecule has 0 radical (unpaired) electrons. The molecule has 4 aliphatic rings. The van der Waals surface area contributed by atoms with Gasteiger partial charge >= 0.3 is 459 Å². The number of aryl methyl sites for hydroxylation is 2. The van der Waals surface area contributed by atoms with Crippen LogP contribution in [0.15, 0.2) is 179 Å². The third-order valence-corrected chi connectivity index (χ3v) is 31.3. The second kappa shape index (κ2) is 14.9. The maximum absolute atomic E-state index is 8.09. The van der Waals surface area contributed by atoms with E-state index in [0.717, 1.165) is 123 Å². The van der Waals surface area contributed by atoms with E-state index in [1.165, 1.54) is 0 Å². The van der Waals surface area contributed by atoms with Gasteiger partial charge in [-0.25, -0.2) is 0 Å². The van der Waals surface area contributed by atoms with E-state index < -0.39 is 18.2 Å². The number of anilines is 3. The Morgan fingerprint density at radius 3 is 1.30 bits per heavy atom. The molecule has 0 fully saturated rings. The van der Waals surface area contributed by atoms with Crippen molar-refractivity contribution in [1.82, 2.24) is 0 Å². The van der Waals surface area contributed by atoms with Crippen LogP contribution < -0.4 is 30.9 Å². The SMILES string of the molecule is Cc1ccc(N2c3ccc(-c4ccc5oc6cc7ccccc7cc6c5c4)c4[c]3[Sb]35([O]c6c(Cl)c(Cl)c(Cl)c(Cl)c6[O]3)[c]3c(cc(C)cc3Oc3c(-c6ccc7oc8cc9ccccc9cc8c7c6)ccc2[c]35)O4)cc1. The number of benzene rings is 11. The summed E-state index contributed by atoms with van der Waals surface area (Å²) in [5.74, 6) is 2.61. The molecule has 2 aromatic heterocycles. The van der Waals surface area contributed by atoms with E-state index in [-0.39, 0.29) is 31.6 Å². The Morgan fingerprint density at radius 2 is 0.829 bits per heavy atom. The number of rotatable bonds is 3. The van der Waals surface area contributed by atoms with Crippen LogP contribution in [0.1, 0.15) is 11.1 Å². The first-order valence-electron chi connectivity index (χ1n) is 24.7. The van der Waals surface area contributed by atoms with Crippen LogP contribution in [0.5, 0.6) is 34.5 Å². The molecule has 1 spiro atoms. The standard InChI is InChI=1S/C58H34NO4.C6H2Cl4O2.Sb/c1-34-11-15-42(16-12-34)59-43-17-19-47(40-13-21-53-49(27-40)51-25-36-7-3-5-9-38(36)29-55(51)62-53)57(31-43)60-45-23-35(2)24-46(33-45)61-58-32-44(59)18-20-48(58)41-14-22-54-50(28-41)52-26-37-8-4-6-10-39(37)30-56(52)63-54;7-1-2(8)4(10)6(12)5(11)3(1)9;/h3-30H,1-2H3;11-12H;/q;;+2/p-2. The summed E-state index contributed by atoms with van der Waals surface area (Å²) in [5, 5.41) is 8.70. The summed E-state index contributed by atoms with van der Waals surface area (Å²) in [6.07, 6.45) is 0. The fourth-order valence-corrected chi connectivity index (χ4v) is 29.6. The van der Waals surface area contributed by atoms with Crippen molar-refractivity contribution in [2.24, 2.45) is 0 Å². The number of halogens is 4. The molecular weight excluding hydrogens is 1140 g/mol. The summed E-state index contributed by atoms with van der Waals surface area (Å²) in [5.41, 5.74) is 11.1. The molecule has 0 atom stereocenters. The predicted molar refractivity (Wildman–Crippen MR) is 310 cm³/mol. The monoisotopic (exact) mass is 1170 g/mol. The average molecular weight is 1180 g/mol. The molecule has 6 heterocycles. The van der Waals surface area contributed by atoms with E-state index >= 15 is 0 Å². The van der Waals surface area contributed by atoms with Gasteiger partial charge in [0, 0.05) is 0 Å². The van der Waals surface area contributed by atoms with Crippen LogP contribution in [0.2, 0.25) is 20.1 Å². The van der Waals surface area contributed by atoms with Crippen molar-refractivity contribution >= 4 is 158 Å². The molecule has 17 rings (SSSR count). The molecule has 11 aromatic carbocycles. The molecule has 4 aliphatic heterocycles. The summed E-state index contributed by atoms with van der Waals surface area (Å²) < 4.78 is 46.4. The first-order chi connectivity index (χ1) is 37.0. The number of furan rings is 2. The summed E-state index contributed by atoms with van der Waals surface area (Å²) in [7, 11) is 0. The van der Waals surface area contributed by atoms with Crippen LogP contribution in [0.25, 0.3) is 87.7 Å². The van der Waals surface area contributed by atoms with Crippen LogP contribution in [-0.2, 0) is 0 Å². The minimum atomic E-state index is -6.49. The third kappa shape index (κ3) is 5.47. The molecule has 0 saturated heterocycles. The van der Waals surface area contributed by atoms with E-state index in [4.69, 9.17) is 70.7 Å². The first kappa shape index (κ1) is 43.7. The second-order valence-electron chi connectivity index (χ2n) is 20.2. The average Bonchev–Trinajstić information content (AvgIpc) is 4.23. The zero-order valence-corrected chi connectivity index (χ0v) is 45.6. The molecular formula is C64H34Cl4NO6Sb. The molecule has 0 bridgehead atoms. The van der Waals surface area contributed by atoms with Crippen molar-refractivity contribution in [2.45, 2.75) is 13.8 Å². The van der Waals surface area contributed by atoms with Crippen LogP contribution in [-0.4, -0.2) is 18.2 Å². The van der Waals surface area contributed by atoms with Gasteiger partial charge in [-0.2, -0.15) is 0 Å². The van der Waals surface area contributed by atoms with Crippen LogP contribution in [0.3, 0.4) is 0 Å². The predicted octanol–water partition coefficient (Wildman–Crippen LogP) is 18.2. The Balaban J connectivity index is 1.01. The molecule has 13 aromatic rings. The summed E-state index contributed by atoms with van der Waals surface area (Å²) >= 11 is 22.3. The zero-order valence-electron chi connectivity index (χ0n) is 40.0. The van der Waals surface area contributed by atoms with Gasteiger partial charge in [0.15, 0.2) is 0 Å². The van der Waals surface area contributed by atoms with E-state index in [2.05, 4.69) is 145 Å². The van der Waals surface area contributed by atoms with E-state index in [0.29, 0.717) is 26.5 Å². The van der Waals surface area contributed by atoms with Crippen LogP contribution >= 0.6 is 46.4 Å². The Kier molecular flexibility index (Phi) is 8.58. The van der Waals surface area contributed by atoms with Crippen molar-refractivity contribution in [1.29, 1.82) is 0 Å². The molecule has 0 N–H and O–H groups in total. The van der Waals surface area contributed by atoms with E-state index in [1.807, 2.05) is 43.3 Å². The molecule has 12 heteroatoms. The van der Waals surface area contributed by atoms with E-state index in [1.54, 1.807) is 0 Å². The van der Waals surface area contributed by atoms with Gasteiger partial charge in [0.05, 0.1) is 0 Å². The molecule has 7 nitrogen and oxygen atoms in total. The van der Waals surface area contributed by atoms with Gasteiger partial charge < -0.3 is 0 Å². The van der Waals surface area contributed by atoms with Gasteiger partial charge in [0.2, 0.25) is 0 Å². The molecule has 0 unspecified atom stereocenters. The summed E-state index contributed by atoms with van der Waals surface area (Å²) in [6, 6.07) is 59.0. The van der Waals surface area contributed by atoms with Gasteiger partial charge in [-0.1, -0.05) is 0 Å². The number of nitrogens with zero attached hydrogens (tertiary/aromatic N) is 1. The van der Waals surface area contributed by atoms with E-state index in [9.17, 15) is 0 Å². The Hall–Kier alpha value is -7.48. The molecule has 0 saturated carbocycles. The van der Waals surface area contributed by atoms with Crippen molar-refractivity contribution in [3.63, 3.8) is 0 Å². The maximum atomic E-state index is 8.09. The van der Waals surface area contributed by atoms with Gasteiger partial charge in [-0.15, -0.1) is 0 Å². The second-order valence-corrected chi connectivity index (χ2v) is 32.0. The molecule has 0 amide bonds. The Bertz CT molecular complexity index is 4610. The van der Waals surface area contributed by atoms with Crippen LogP contribution in [0, 0.1) is 13.8 Å². The number of fused-ring (bicyclic) bond motifs is 9. The number of ether oxygens (including phenoxy) is 2. The van der Waals surface area contributed by atoms with Crippen molar-refractivity contribution in [2.75, 3.05) is 4.90 Å². The number of hydrogen-bond acceptors (Lipinski definition) is 7. The van der Waals surface area contributed by atoms with Gasteiger partial charge in [0.25, 0.3) is 0 Å². The topological polar surface area (TPSA) is 66.4 Å². The third-order valence-electron chi connectivity index (χ3n) is 15.8. The van der Waals surface area contributed by atoms with Crippen LogP contribution in [0.4, 0.5) is 17.1 Å². The normalized spacial score (nSPS) is 15.4. The zero-order chi connectivity index (χ0) is 50.7. The minimum absolute atomic E-state index is 0.0565. The van der Waals surface area contributed by atoms with Gasteiger partial charge in [0.1, 0.15) is 0 Å². The Labute approximate surface area is 455 Å². The fraction of sp³-hybridized carbons (Fsp3) is 0.0312. The van der Waals surface area contributed by atoms with Crippen molar-refractivity contribution < 1.29 is 24.3 Å². The summed E-state index contributed by atoms with van der Waals surface area (Å²) in [4.78, 5) is 2.26. The fourth-order valence-electron chi connectivity index (χ4n) is 12.5.